The van der Waals surface area contributed by atoms with Crippen molar-refractivity contribution in [1.82, 2.24) is 0 Å². The first-order chi connectivity index (χ1) is 24.5. The molecule has 6 aromatic rings. The van der Waals surface area contributed by atoms with Gasteiger partial charge in [0.05, 0.1) is 21.3 Å². The highest BCUT2D eigenvalue weighted by atomic mass is 16.5. The first kappa shape index (κ1) is 33.3. The predicted molar refractivity (Wildman–Crippen MR) is 198 cm³/mol. The molecule has 4 nitrogen and oxygen atoms in total. The average Bonchev–Trinajstić information content (AvgIpc) is 3.19. The van der Waals surface area contributed by atoms with Crippen molar-refractivity contribution in [3.63, 3.8) is 0 Å². The molecule has 0 amide bonds. The van der Waals surface area contributed by atoms with E-state index in [-0.39, 0.29) is 0 Å². The van der Waals surface area contributed by atoms with Crippen LogP contribution in [-0.4, -0.2) is 26.4 Å². The van der Waals surface area contributed by atoms with Gasteiger partial charge in [0, 0.05) is 33.4 Å². The monoisotopic (exact) mass is 650 g/mol. The normalized spacial score (nSPS) is 10.3. The van der Waals surface area contributed by atoms with Crippen LogP contribution in [0.2, 0.25) is 0 Å². The van der Waals surface area contributed by atoms with Crippen LogP contribution in [-0.2, 0) is 5.60 Å². The molecule has 0 radical (unpaired) electrons. The van der Waals surface area contributed by atoms with Crippen molar-refractivity contribution in [3.05, 3.63) is 196 Å². The second kappa shape index (κ2) is 15.5. The lowest BCUT2D eigenvalue weighted by molar-refractivity contribution is 0.125. The Morgan fingerprint density at radius 3 is 0.680 bits per heavy atom. The van der Waals surface area contributed by atoms with Crippen molar-refractivity contribution in [2.75, 3.05) is 21.3 Å². The molecule has 0 fully saturated rings. The molecule has 0 atom stereocenters. The Morgan fingerprint density at radius 2 is 0.500 bits per heavy atom. The van der Waals surface area contributed by atoms with Gasteiger partial charge in [-0.15, -0.1) is 0 Å². The number of benzene rings is 6. The molecule has 4 heteroatoms. The molecule has 0 aliphatic heterocycles. The Hall–Kier alpha value is -6.64. The zero-order chi connectivity index (χ0) is 34.8. The van der Waals surface area contributed by atoms with Gasteiger partial charge in [-0.25, -0.2) is 0 Å². The fourth-order valence-electron chi connectivity index (χ4n) is 5.34. The topological polar surface area (TPSA) is 47.9 Å². The van der Waals surface area contributed by atoms with E-state index in [2.05, 4.69) is 35.5 Å². The second-order valence-corrected chi connectivity index (χ2v) is 11.4. The van der Waals surface area contributed by atoms with Crippen molar-refractivity contribution in [2.24, 2.45) is 0 Å². The minimum atomic E-state index is -1.45. The van der Waals surface area contributed by atoms with E-state index in [0.29, 0.717) is 16.7 Å². The molecule has 0 aliphatic rings. The maximum absolute atomic E-state index is 12.6. The molecule has 6 rings (SSSR count). The lowest BCUT2D eigenvalue weighted by Gasteiger charge is -2.30. The summed E-state index contributed by atoms with van der Waals surface area (Å²) >= 11 is 0. The lowest BCUT2D eigenvalue weighted by Crippen LogP contribution is -2.28. The zero-order valence-electron chi connectivity index (χ0n) is 28.0. The summed E-state index contributed by atoms with van der Waals surface area (Å²) in [7, 11) is 4.92. The molecule has 6 aromatic carbocycles. The Labute approximate surface area is 293 Å². The summed E-state index contributed by atoms with van der Waals surface area (Å²) < 4.78 is 15.7. The van der Waals surface area contributed by atoms with Gasteiger partial charge in [-0.1, -0.05) is 71.9 Å². The van der Waals surface area contributed by atoms with Gasteiger partial charge in [-0.05, 0) is 126 Å². The molecule has 0 aliphatic carbocycles. The maximum Gasteiger partial charge on any atom is 0.140 e. The van der Waals surface area contributed by atoms with E-state index in [1.807, 2.05) is 146 Å². The molecule has 50 heavy (non-hydrogen) atoms. The highest BCUT2D eigenvalue weighted by molar-refractivity contribution is 5.54. The Bertz CT molecular complexity index is 1970. The van der Waals surface area contributed by atoms with E-state index >= 15 is 0 Å². The largest absolute Gasteiger partial charge is 0.497 e. The quantitative estimate of drug-likeness (QED) is 0.146. The van der Waals surface area contributed by atoms with E-state index in [1.165, 1.54) is 0 Å². The van der Waals surface area contributed by atoms with Gasteiger partial charge in [0.1, 0.15) is 22.8 Å². The van der Waals surface area contributed by atoms with E-state index in [0.717, 1.165) is 50.6 Å². The Balaban J connectivity index is 1.31. The third-order valence-corrected chi connectivity index (χ3v) is 8.23. The summed E-state index contributed by atoms with van der Waals surface area (Å²) in [6.45, 7) is 0. The third-order valence-electron chi connectivity index (χ3n) is 8.23. The maximum atomic E-state index is 12.6. The molecule has 1 N–H and O–H groups in total. The summed E-state index contributed by atoms with van der Waals surface area (Å²) in [6.07, 6.45) is 0. The van der Waals surface area contributed by atoms with Gasteiger partial charge in [-0.3, -0.25) is 0 Å². The van der Waals surface area contributed by atoms with Crippen LogP contribution in [0.5, 0.6) is 17.2 Å². The minimum Gasteiger partial charge on any atom is -0.497 e. The van der Waals surface area contributed by atoms with E-state index in [4.69, 9.17) is 14.2 Å². The predicted octanol–water partition coefficient (Wildman–Crippen LogP) is 8.20. The van der Waals surface area contributed by atoms with Gasteiger partial charge in [0.15, 0.2) is 0 Å². The average molecular weight is 651 g/mol. The smallest absolute Gasteiger partial charge is 0.140 e. The molecule has 0 heterocycles. The Morgan fingerprint density at radius 1 is 0.320 bits per heavy atom. The number of hydrogen-bond acceptors (Lipinski definition) is 4. The van der Waals surface area contributed by atoms with Crippen LogP contribution in [0.4, 0.5) is 0 Å². The molecule has 0 aromatic heterocycles. The standard InChI is InChI=1S/C46H34O4/c1-48-43-28-16-37(17-29-43)7-4-34-10-22-40(23-11-34)46(47,41-24-12-35(13-25-41)5-8-38-18-30-44(49-2)31-19-38)42-26-14-36(15-27-42)6-9-39-20-32-45(50-3)33-21-39/h10-33,47H,1-3H3. The Kier molecular flexibility index (Phi) is 10.3. The highest BCUT2D eigenvalue weighted by Crippen LogP contribution is 2.37. The lowest BCUT2D eigenvalue weighted by atomic mass is 9.79. The fraction of sp³-hybridized carbons (Fsp3) is 0.0870. The number of aliphatic hydroxyl groups is 1. The van der Waals surface area contributed by atoms with Gasteiger partial charge >= 0.3 is 0 Å². The van der Waals surface area contributed by atoms with Gasteiger partial charge in [-0.2, -0.15) is 0 Å². The van der Waals surface area contributed by atoms with Crippen molar-refractivity contribution in [1.29, 1.82) is 0 Å². The number of ether oxygens (including phenoxy) is 3. The SMILES string of the molecule is COc1ccc(C#Cc2ccc(C(O)(c3ccc(C#Cc4ccc(OC)cc4)cc3)c3ccc(C#Cc4ccc(OC)cc4)cc3)cc2)cc1. The highest BCUT2D eigenvalue weighted by Gasteiger charge is 2.33. The third kappa shape index (κ3) is 7.90. The van der Waals surface area contributed by atoms with Crippen molar-refractivity contribution in [3.8, 4) is 52.8 Å². The van der Waals surface area contributed by atoms with Gasteiger partial charge < -0.3 is 19.3 Å². The fourth-order valence-corrected chi connectivity index (χ4v) is 5.34. The van der Waals surface area contributed by atoms with Crippen LogP contribution < -0.4 is 14.2 Å². The molecule has 242 valence electrons. The van der Waals surface area contributed by atoms with Crippen LogP contribution in [0.1, 0.15) is 50.1 Å². The van der Waals surface area contributed by atoms with Crippen LogP contribution in [0.3, 0.4) is 0 Å². The van der Waals surface area contributed by atoms with Gasteiger partial charge in [0.2, 0.25) is 0 Å². The molecule has 0 saturated carbocycles. The summed E-state index contributed by atoms with van der Waals surface area (Å²) in [5.74, 6) is 21.6. The van der Waals surface area contributed by atoms with E-state index < -0.39 is 5.60 Å². The van der Waals surface area contributed by atoms with Crippen LogP contribution in [0, 0.1) is 35.5 Å². The summed E-state index contributed by atoms with van der Waals surface area (Å²) in [4.78, 5) is 0. The van der Waals surface area contributed by atoms with Crippen LogP contribution >= 0.6 is 0 Å². The first-order valence-corrected chi connectivity index (χ1v) is 16.0. The number of methoxy groups -OCH3 is 3. The summed E-state index contributed by atoms with van der Waals surface area (Å²) in [6, 6.07) is 46.0. The van der Waals surface area contributed by atoms with Gasteiger partial charge in [0.25, 0.3) is 0 Å². The van der Waals surface area contributed by atoms with Crippen LogP contribution in [0.25, 0.3) is 0 Å². The summed E-state index contributed by atoms with van der Waals surface area (Å²) in [5.41, 5.74) is 5.84. The van der Waals surface area contributed by atoms with Crippen molar-refractivity contribution in [2.45, 2.75) is 5.60 Å². The van der Waals surface area contributed by atoms with E-state index in [1.54, 1.807) is 21.3 Å². The summed E-state index contributed by atoms with van der Waals surface area (Å²) in [5, 5.41) is 12.6. The molecule has 0 unspecified atom stereocenters. The number of rotatable bonds is 6. The minimum absolute atomic E-state index is 0.710. The molecule has 0 bridgehead atoms. The second-order valence-electron chi connectivity index (χ2n) is 11.4. The zero-order valence-corrected chi connectivity index (χ0v) is 28.0. The first-order valence-electron chi connectivity index (χ1n) is 16.0. The molecular formula is C46H34O4. The van der Waals surface area contributed by atoms with Crippen molar-refractivity contribution >= 4 is 0 Å². The van der Waals surface area contributed by atoms with E-state index in [9.17, 15) is 5.11 Å². The molecular weight excluding hydrogens is 617 g/mol. The number of hydrogen-bond donors (Lipinski definition) is 1. The van der Waals surface area contributed by atoms with Crippen molar-refractivity contribution < 1.29 is 19.3 Å². The molecule has 0 spiro atoms. The molecule has 0 saturated heterocycles. The van der Waals surface area contributed by atoms with Crippen LogP contribution in [0.15, 0.2) is 146 Å².